The van der Waals surface area contributed by atoms with Crippen LogP contribution in [-0.4, -0.2) is 19.1 Å². The van der Waals surface area contributed by atoms with Gasteiger partial charge in [-0.05, 0) is 32.1 Å². The summed E-state index contributed by atoms with van der Waals surface area (Å²) in [4.78, 5) is 1.91. The summed E-state index contributed by atoms with van der Waals surface area (Å²) in [5.74, 6) is 2.98. The summed E-state index contributed by atoms with van der Waals surface area (Å²) in [6, 6.07) is 0.922. The van der Waals surface area contributed by atoms with Gasteiger partial charge in [-0.25, -0.2) is 0 Å². The zero-order valence-corrected chi connectivity index (χ0v) is 11.5. The molecular weight excluding hydrogens is 194 g/mol. The highest BCUT2D eigenvalue weighted by molar-refractivity contribution is 4.72. The minimum absolute atomic E-state index is 0.922. The topological polar surface area (TPSA) is 4.44 Å². The van der Waals surface area contributed by atoms with Crippen molar-refractivity contribution in [2.45, 2.75) is 65.3 Å². The van der Waals surface area contributed by atoms with Crippen molar-refractivity contribution in [3.05, 3.63) is 0 Å². The number of likely N-dealkylation sites (tertiary alicyclic amines) is 1. The third-order valence-corrected chi connectivity index (χ3v) is 5.21. The van der Waals surface area contributed by atoms with Gasteiger partial charge in [-0.3, -0.25) is 0 Å². The molecule has 0 aromatic heterocycles. The number of quaternary nitrogens is 1. The maximum Gasteiger partial charge on any atom is 0.0846 e. The summed E-state index contributed by atoms with van der Waals surface area (Å²) in [7, 11) is 0. The molecule has 1 aliphatic carbocycles. The Hall–Kier alpha value is -0.0400. The molecule has 1 heterocycles. The van der Waals surface area contributed by atoms with E-state index < -0.39 is 0 Å². The van der Waals surface area contributed by atoms with Crippen LogP contribution in [0.25, 0.3) is 0 Å². The van der Waals surface area contributed by atoms with E-state index in [1.807, 2.05) is 4.90 Å². The minimum Gasteiger partial charge on any atom is -0.332 e. The second kappa shape index (κ2) is 5.53. The quantitative estimate of drug-likeness (QED) is 0.735. The van der Waals surface area contributed by atoms with Crippen LogP contribution in [0.1, 0.15) is 59.3 Å². The Morgan fingerprint density at radius 2 is 1.69 bits per heavy atom. The molecule has 0 bridgehead atoms. The molecule has 16 heavy (non-hydrogen) atoms. The van der Waals surface area contributed by atoms with Crippen LogP contribution in [0.4, 0.5) is 0 Å². The van der Waals surface area contributed by atoms with Gasteiger partial charge in [0, 0.05) is 11.8 Å². The number of hydrogen-bond donors (Lipinski definition) is 1. The second-order valence-electron chi connectivity index (χ2n) is 6.67. The van der Waals surface area contributed by atoms with E-state index in [4.69, 9.17) is 0 Å². The van der Waals surface area contributed by atoms with Crippen LogP contribution >= 0.6 is 0 Å². The molecule has 1 N–H and O–H groups in total. The van der Waals surface area contributed by atoms with E-state index in [-0.39, 0.29) is 0 Å². The summed E-state index contributed by atoms with van der Waals surface area (Å²) in [5.41, 5.74) is 0. The van der Waals surface area contributed by atoms with E-state index >= 15 is 0 Å². The molecule has 1 heteroatoms. The summed E-state index contributed by atoms with van der Waals surface area (Å²) in [5, 5.41) is 0. The first-order chi connectivity index (χ1) is 7.66. The highest BCUT2D eigenvalue weighted by Gasteiger charge is 2.31. The highest BCUT2D eigenvalue weighted by Crippen LogP contribution is 2.28. The van der Waals surface area contributed by atoms with Gasteiger partial charge in [0.1, 0.15) is 0 Å². The molecule has 0 radical (unpaired) electrons. The van der Waals surface area contributed by atoms with E-state index in [9.17, 15) is 0 Å². The van der Waals surface area contributed by atoms with Crippen LogP contribution in [0.15, 0.2) is 0 Å². The lowest BCUT2D eigenvalue weighted by atomic mass is 9.79. The predicted molar refractivity (Wildman–Crippen MR) is 69.7 cm³/mol. The van der Waals surface area contributed by atoms with E-state index in [0.717, 1.165) is 23.8 Å². The number of piperidine rings is 1. The summed E-state index contributed by atoms with van der Waals surface area (Å²) in [6.45, 7) is 10.3. The first kappa shape index (κ1) is 12.4. The Morgan fingerprint density at radius 3 is 2.44 bits per heavy atom. The number of hydrogen-bond acceptors (Lipinski definition) is 0. The van der Waals surface area contributed by atoms with Gasteiger partial charge in [-0.2, -0.15) is 0 Å². The van der Waals surface area contributed by atoms with Crippen molar-refractivity contribution >= 4 is 0 Å². The Balaban J connectivity index is 1.86. The van der Waals surface area contributed by atoms with Crippen LogP contribution in [0.2, 0.25) is 0 Å². The SMILES string of the molecule is CC1CCC(C)[NH+](CC2CCCCC2C)C1. The van der Waals surface area contributed by atoms with E-state index in [1.165, 1.54) is 51.6 Å². The maximum absolute atomic E-state index is 2.49. The smallest absolute Gasteiger partial charge is 0.0846 e. The van der Waals surface area contributed by atoms with E-state index in [0.29, 0.717) is 0 Å². The molecule has 2 aliphatic rings. The predicted octanol–water partition coefficient (Wildman–Crippen LogP) is 2.52. The largest absolute Gasteiger partial charge is 0.332 e. The molecule has 1 saturated carbocycles. The van der Waals surface area contributed by atoms with Gasteiger partial charge in [-0.15, -0.1) is 0 Å². The van der Waals surface area contributed by atoms with Crippen LogP contribution < -0.4 is 4.90 Å². The third-order valence-electron chi connectivity index (χ3n) is 5.21. The third kappa shape index (κ3) is 3.00. The molecule has 5 atom stereocenters. The molecule has 2 fully saturated rings. The van der Waals surface area contributed by atoms with E-state index in [2.05, 4.69) is 20.8 Å². The fourth-order valence-electron chi connectivity index (χ4n) is 3.81. The standard InChI is InChI=1S/C15H29N/c1-12-8-9-14(3)16(10-12)11-15-7-5-4-6-13(15)2/h12-15H,4-11H2,1-3H3/p+1. The zero-order chi connectivity index (χ0) is 11.5. The maximum atomic E-state index is 2.49. The molecule has 2 rings (SSSR count). The van der Waals surface area contributed by atoms with Crippen molar-refractivity contribution < 1.29 is 4.90 Å². The fraction of sp³-hybridized carbons (Fsp3) is 1.00. The summed E-state index contributed by atoms with van der Waals surface area (Å²) in [6.07, 6.45) is 8.89. The number of nitrogens with one attached hydrogen (secondary N) is 1. The van der Waals surface area contributed by atoms with Crippen molar-refractivity contribution in [1.82, 2.24) is 0 Å². The van der Waals surface area contributed by atoms with Crippen molar-refractivity contribution in [1.29, 1.82) is 0 Å². The van der Waals surface area contributed by atoms with Crippen molar-refractivity contribution in [3.8, 4) is 0 Å². The lowest BCUT2D eigenvalue weighted by molar-refractivity contribution is -0.935. The van der Waals surface area contributed by atoms with Crippen molar-refractivity contribution in [3.63, 3.8) is 0 Å². The minimum atomic E-state index is 0.922. The van der Waals surface area contributed by atoms with Gasteiger partial charge in [0.05, 0.1) is 19.1 Å². The average Bonchev–Trinajstić information content (AvgIpc) is 2.27. The normalized spacial score (nSPS) is 45.6. The first-order valence-electron chi connectivity index (χ1n) is 7.51. The molecule has 1 saturated heterocycles. The monoisotopic (exact) mass is 224 g/mol. The number of rotatable bonds is 2. The molecule has 94 valence electrons. The van der Waals surface area contributed by atoms with Gasteiger partial charge >= 0.3 is 0 Å². The molecule has 0 aromatic rings. The lowest BCUT2D eigenvalue weighted by Crippen LogP contribution is -3.17. The Bertz CT molecular complexity index is 213. The molecular formula is C15H30N+. The zero-order valence-electron chi connectivity index (χ0n) is 11.5. The van der Waals surface area contributed by atoms with Crippen LogP contribution in [0.3, 0.4) is 0 Å². The molecule has 5 unspecified atom stereocenters. The lowest BCUT2D eigenvalue weighted by Gasteiger charge is -2.38. The van der Waals surface area contributed by atoms with Gasteiger partial charge in [-0.1, -0.05) is 33.1 Å². The van der Waals surface area contributed by atoms with Crippen molar-refractivity contribution in [2.75, 3.05) is 13.1 Å². The molecule has 0 amide bonds. The van der Waals surface area contributed by atoms with Crippen LogP contribution in [0.5, 0.6) is 0 Å². The Labute approximate surface area is 102 Å². The molecule has 0 spiro atoms. The molecule has 1 nitrogen and oxygen atoms in total. The van der Waals surface area contributed by atoms with Gasteiger partial charge < -0.3 is 4.90 Å². The second-order valence-corrected chi connectivity index (χ2v) is 6.67. The van der Waals surface area contributed by atoms with Gasteiger partial charge in [0.25, 0.3) is 0 Å². The summed E-state index contributed by atoms with van der Waals surface area (Å²) >= 11 is 0. The van der Waals surface area contributed by atoms with Crippen molar-refractivity contribution in [2.24, 2.45) is 17.8 Å². The highest BCUT2D eigenvalue weighted by atomic mass is 15.2. The fourth-order valence-corrected chi connectivity index (χ4v) is 3.81. The molecule has 1 aliphatic heterocycles. The summed E-state index contributed by atoms with van der Waals surface area (Å²) < 4.78 is 0. The Morgan fingerprint density at radius 1 is 0.938 bits per heavy atom. The average molecular weight is 224 g/mol. The van der Waals surface area contributed by atoms with Gasteiger partial charge in [0.2, 0.25) is 0 Å². The van der Waals surface area contributed by atoms with E-state index in [1.54, 1.807) is 0 Å². The van der Waals surface area contributed by atoms with Crippen LogP contribution in [-0.2, 0) is 0 Å². The van der Waals surface area contributed by atoms with Gasteiger partial charge in [0.15, 0.2) is 0 Å². The Kier molecular flexibility index (Phi) is 4.29. The molecule has 0 aromatic carbocycles. The van der Waals surface area contributed by atoms with Crippen LogP contribution in [0, 0.1) is 17.8 Å². The first-order valence-corrected chi connectivity index (χ1v) is 7.51.